The highest BCUT2D eigenvalue weighted by Gasteiger charge is 2.37. The first-order valence-corrected chi connectivity index (χ1v) is 13.9. The fraction of sp³-hybridized carbons (Fsp3) is 0.0938. The van der Waals surface area contributed by atoms with Crippen LogP contribution in [0.3, 0.4) is 0 Å². The van der Waals surface area contributed by atoms with E-state index in [4.69, 9.17) is 22.9 Å². The van der Waals surface area contributed by atoms with Crippen molar-refractivity contribution in [1.29, 1.82) is 0 Å². The molecule has 1 saturated carbocycles. The number of nitrogens with two attached hydrogens (primary N) is 4. The molecular formula is C32H27N12. The van der Waals surface area contributed by atoms with E-state index >= 15 is 0 Å². The minimum Gasteiger partial charge on any atom is -0.368 e. The molecule has 1 aliphatic carbocycles. The maximum absolute atomic E-state index is 5.82. The molecule has 4 heterocycles. The predicted molar refractivity (Wildman–Crippen MR) is 169 cm³/mol. The summed E-state index contributed by atoms with van der Waals surface area (Å²) in [6.45, 7) is 0. The van der Waals surface area contributed by atoms with Gasteiger partial charge in [-0.1, -0.05) is 30.3 Å². The highest BCUT2D eigenvalue weighted by molar-refractivity contribution is 5.79. The molecule has 8 N–H and O–H groups in total. The standard InChI is InChI=1S/C32H27N12/c33-29-37-9-19(10-38-29)17-1-3-23(21-13-41-31(35)42-14-21)27(7-17)25-5-6-26(25)28-8-18(20-11-39-30(34)40-12-20)2-4-24(28)22-15-43-32(36)44-16-22/h1-4,7-16,25H,5-6H2,(H2,33,37,38)(H2,34,39,40)(H2,35,41,42)(H2,36,43,44). The summed E-state index contributed by atoms with van der Waals surface area (Å²) in [6, 6.07) is 12.6. The summed E-state index contributed by atoms with van der Waals surface area (Å²) < 4.78 is 0. The van der Waals surface area contributed by atoms with Crippen LogP contribution >= 0.6 is 0 Å². The number of rotatable bonds is 6. The highest BCUT2D eigenvalue weighted by atomic mass is 15.0. The Kier molecular flexibility index (Phi) is 6.70. The van der Waals surface area contributed by atoms with E-state index in [1.54, 1.807) is 49.6 Å². The van der Waals surface area contributed by atoms with Crippen LogP contribution in [0.25, 0.3) is 44.5 Å². The van der Waals surface area contributed by atoms with Gasteiger partial charge in [-0.05, 0) is 58.2 Å². The van der Waals surface area contributed by atoms with Gasteiger partial charge in [0.15, 0.2) is 0 Å². The lowest BCUT2D eigenvalue weighted by Crippen LogP contribution is -2.24. The molecule has 1 unspecified atom stereocenters. The van der Waals surface area contributed by atoms with Crippen LogP contribution in [-0.4, -0.2) is 39.9 Å². The van der Waals surface area contributed by atoms with Gasteiger partial charge >= 0.3 is 0 Å². The zero-order valence-corrected chi connectivity index (χ0v) is 23.5. The van der Waals surface area contributed by atoms with E-state index in [2.05, 4.69) is 64.1 Å². The van der Waals surface area contributed by atoms with E-state index in [9.17, 15) is 0 Å². The SMILES string of the molecule is Nc1ncc(-c2ccc(-c3cnc(N)nc3)c([C]3CCC3c3cc(-c4cnc(N)nc4)ccc3-c3cnc(N)nc3)c2)cn1. The number of nitrogens with zero attached hydrogens (tertiary/aromatic N) is 8. The first-order valence-electron chi connectivity index (χ1n) is 13.9. The van der Waals surface area contributed by atoms with Crippen LogP contribution in [0.1, 0.15) is 29.9 Å². The second-order valence-electron chi connectivity index (χ2n) is 10.5. The Morgan fingerprint density at radius 1 is 0.432 bits per heavy atom. The van der Waals surface area contributed by atoms with Gasteiger partial charge in [0, 0.05) is 77.7 Å². The minimum atomic E-state index is 0.101. The quantitative estimate of drug-likeness (QED) is 0.217. The molecule has 0 spiro atoms. The molecule has 2 aromatic carbocycles. The summed E-state index contributed by atoms with van der Waals surface area (Å²) in [5.74, 6) is 2.27. The monoisotopic (exact) mass is 579 g/mol. The van der Waals surface area contributed by atoms with E-state index in [-0.39, 0.29) is 29.7 Å². The van der Waals surface area contributed by atoms with Crippen LogP contribution in [0, 0.1) is 5.92 Å². The molecule has 1 radical (unpaired) electrons. The Hall–Kier alpha value is -6.04. The first-order chi connectivity index (χ1) is 21.4. The van der Waals surface area contributed by atoms with E-state index in [1.165, 1.54) is 5.92 Å². The van der Waals surface area contributed by atoms with Crippen molar-refractivity contribution in [3.8, 4) is 44.5 Å². The average Bonchev–Trinajstić information content (AvgIpc) is 3.02. The molecule has 0 aliphatic heterocycles. The van der Waals surface area contributed by atoms with Crippen LogP contribution in [0.15, 0.2) is 86.0 Å². The van der Waals surface area contributed by atoms with Gasteiger partial charge in [0.25, 0.3) is 0 Å². The van der Waals surface area contributed by atoms with Crippen molar-refractivity contribution in [3.05, 3.63) is 103 Å². The Morgan fingerprint density at radius 2 is 0.841 bits per heavy atom. The number of hydrogen-bond donors (Lipinski definition) is 4. The molecule has 6 aromatic rings. The van der Waals surface area contributed by atoms with Gasteiger partial charge in [0.2, 0.25) is 23.8 Å². The van der Waals surface area contributed by atoms with Crippen LogP contribution in [0.2, 0.25) is 0 Å². The van der Waals surface area contributed by atoms with E-state index < -0.39 is 0 Å². The number of aromatic nitrogens is 8. The molecule has 12 nitrogen and oxygen atoms in total. The lowest BCUT2D eigenvalue weighted by molar-refractivity contribution is 0.491. The highest BCUT2D eigenvalue weighted by Crippen LogP contribution is 2.53. The van der Waals surface area contributed by atoms with Crippen molar-refractivity contribution in [1.82, 2.24) is 39.9 Å². The molecule has 7 rings (SSSR count). The number of benzene rings is 2. The van der Waals surface area contributed by atoms with E-state index in [1.807, 2.05) is 12.1 Å². The van der Waals surface area contributed by atoms with Crippen molar-refractivity contribution in [2.75, 3.05) is 22.9 Å². The summed E-state index contributed by atoms with van der Waals surface area (Å²) in [7, 11) is 0. The summed E-state index contributed by atoms with van der Waals surface area (Å²) in [4.78, 5) is 33.8. The molecule has 1 fully saturated rings. The van der Waals surface area contributed by atoms with Crippen molar-refractivity contribution in [2.24, 2.45) is 0 Å². The van der Waals surface area contributed by atoms with E-state index in [0.717, 1.165) is 68.5 Å². The zero-order valence-electron chi connectivity index (χ0n) is 23.5. The summed E-state index contributed by atoms with van der Waals surface area (Å²) >= 11 is 0. The van der Waals surface area contributed by atoms with Gasteiger partial charge in [-0.15, -0.1) is 0 Å². The van der Waals surface area contributed by atoms with Gasteiger partial charge in [-0.25, -0.2) is 39.9 Å². The van der Waals surface area contributed by atoms with Gasteiger partial charge in [-0.3, -0.25) is 0 Å². The molecule has 44 heavy (non-hydrogen) atoms. The largest absolute Gasteiger partial charge is 0.368 e. The van der Waals surface area contributed by atoms with Crippen LogP contribution in [-0.2, 0) is 0 Å². The third kappa shape index (κ3) is 5.09. The lowest BCUT2D eigenvalue weighted by Gasteiger charge is -2.39. The first kappa shape index (κ1) is 26.8. The van der Waals surface area contributed by atoms with Gasteiger partial charge in [-0.2, -0.15) is 0 Å². The average molecular weight is 580 g/mol. The number of anilines is 4. The molecule has 0 bridgehead atoms. The Labute approximate surface area is 252 Å². The summed E-state index contributed by atoms with van der Waals surface area (Å²) in [5, 5.41) is 0. The molecular weight excluding hydrogens is 552 g/mol. The normalized spacial score (nSPS) is 14.7. The molecule has 215 valence electrons. The number of hydrogen-bond acceptors (Lipinski definition) is 12. The molecule has 0 saturated heterocycles. The molecule has 1 atom stereocenters. The Morgan fingerprint density at radius 3 is 1.30 bits per heavy atom. The second-order valence-corrected chi connectivity index (χ2v) is 10.5. The maximum atomic E-state index is 5.82. The van der Waals surface area contributed by atoms with Crippen LogP contribution in [0.4, 0.5) is 23.8 Å². The fourth-order valence-corrected chi connectivity index (χ4v) is 5.56. The lowest BCUT2D eigenvalue weighted by atomic mass is 9.64. The second kappa shape index (κ2) is 11.0. The van der Waals surface area contributed by atoms with Crippen molar-refractivity contribution in [3.63, 3.8) is 0 Å². The summed E-state index contributed by atoms with van der Waals surface area (Å²) in [6.07, 6.45) is 15.8. The van der Waals surface area contributed by atoms with Crippen LogP contribution < -0.4 is 22.9 Å². The molecule has 1 aliphatic rings. The molecule has 4 aromatic heterocycles. The Bertz CT molecular complexity index is 1800. The predicted octanol–water partition coefficient (Wildman–Crippen LogP) is 4.34. The van der Waals surface area contributed by atoms with E-state index in [0.29, 0.717) is 0 Å². The van der Waals surface area contributed by atoms with Crippen molar-refractivity contribution in [2.45, 2.75) is 18.8 Å². The topological polar surface area (TPSA) is 207 Å². The molecule has 12 heteroatoms. The van der Waals surface area contributed by atoms with Gasteiger partial charge in [0.05, 0.1) is 0 Å². The van der Waals surface area contributed by atoms with Gasteiger partial charge < -0.3 is 22.9 Å². The minimum absolute atomic E-state index is 0.101. The zero-order chi connectivity index (χ0) is 30.2. The number of nitrogen functional groups attached to an aromatic ring is 4. The van der Waals surface area contributed by atoms with Crippen molar-refractivity contribution < 1.29 is 0 Å². The third-order valence-corrected chi connectivity index (χ3v) is 7.89. The fourth-order valence-electron chi connectivity index (χ4n) is 5.56. The molecule has 0 amide bonds. The van der Waals surface area contributed by atoms with Crippen molar-refractivity contribution >= 4 is 23.8 Å². The Balaban J connectivity index is 1.37. The maximum Gasteiger partial charge on any atom is 0.219 e. The van der Waals surface area contributed by atoms with Crippen LogP contribution in [0.5, 0.6) is 0 Å². The smallest absolute Gasteiger partial charge is 0.219 e. The third-order valence-electron chi connectivity index (χ3n) is 7.89. The van der Waals surface area contributed by atoms with Gasteiger partial charge in [0.1, 0.15) is 0 Å². The summed E-state index contributed by atoms with van der Waals surface area (Å²) in [5.41, 5.74) is 32.8.